The fourth-order valence-corrected chi connectivity index (χ4v) is 2.29. The van der Waals surface area contributed by atoms with Gasteiger partial charge in [0.2, 0.25) is 0 Å². The standard InChI is InChI=1S/C13H25N/c1-11(2)4-7-13(10-14)8-5-12(3)6-9-13/h4,12H,5-10,14H2,1-3H3. The van der Waals surface area contributed by atoms with Crippen molar-refractivity contribution in [2.75, 3.05) is 6.54 Å². The van der Waals surface area contributed by atoms with Gasteiger partial charge >= 0.3 is 0 Å². The molecule has 0 bridgehead atoms. The van der Waals surface area contributed by atoms with Crippen LogP contribution in [-0.2, 0) is 0 Å². The SMILES string of the molecule is CC(C)=CCC1(CN)CCC(C)CC1. The summed E-state index contributed by atoms with van der Waals surface area (Å²) in [7, 11) is 0. The second-order valence-corrected chi connectivity index (χ2v) is 5.37. The monoisotopic (exact) mass is 195 g/mol. The van der Waals surface area contributed by atoms with Gasteiger partial charge in [-0.1, -0.05) is 31.4 Å². The first kappa shape index (κ1) is 11.8. The molecule has 14 heavy (non-hydrogen) atoms. The van der Waals surface area contributed by atoms with E-state index >= 15 is 0 Å². The maximum Gasteiger partial charge on any atom is -0.00176 e. The van der Waals surface area contributed by atoms with Gasteiger partial charge < -0.3 is 5.73 Å². The number of hydrogen-bond donors (Lipinski definition) is 1. The van der Waals surface area contributed by atoms with Crippen LogP contribution in [0.2, 0.25) is 0 Å². The highest BCUT2D eigenvalue weighted by Crippen LogP contribution is 2.41. The summed E-state index contributed by atoms with van der Waals surface area (Å²) in [5.74, 6) is 0.918. The average molecular weight is 195 g/mol. The minimum atomic E-state index is 0.434. The summed E-state index contributed by atoms with van der Waals surface area (Å²) >= 11 is 0. The second kappa shape index (κ2) is 4.97. The Hall–Kier alpha value is -0.300. The molecule has 1 heteroatoms. The van der Waals surface area contributed by atoms with Gasteiger partial charge in [0.25, 0.3) is 0 Å². The van der Waals surface area contributed by atoms with E-state index in [-0.39, 0.29) is 0 Å². The van der Waals surface area contributed by atoms with Crippen LogP contribution in [0, 0.1) is 11.3 Å². The van der Waals surface area contributed by atoms with Gasteiger partial charge in [-0.2, -0.15) is 0 Å². The van der Waals surface area contributed by atoms with Crippen molar-refractivity contribution in [3.05, 3.63) is 11.6 Å². The summed E-state index contributed by atoms with van der Waals surface area (Å²) in [5.41, 5.74) is 7.80. The molecule has 0 radical (unpaired) electrons. The lowest BCUT2D eigenvalue weighted by Gasteiger charge is -2.38. The molecule has 1 aliphatic carbocycles. The molecule has 1 fully saturated rings. The van der Waals surface area contributed by atoms with Crippen molar-refractivity contribution in [1.29, 1.82) is 0 Å². The predicted octanol–water partition coefficient (Wildman–Crippen LogP) is 3.50. The number of nitrogens with two attached hydrogens (primary N) is 1. The Morgan fingerprint density at radius 2 is 1.93 bits per heavy atom. The molecule has 1 aliphatic rings. The van der Waals surface area contributed by atoms with E-state index in [9.17, 15) is 0 Å². The molecule has 1 rings (SSSR count). The number of rotatable bonds is 3. The van der Waals surface area contributed by atoms with Gasteiger partial charge in [0, 0.05) is 0 Å². The highest BCUT2D eigenvalue weighted by molar-refractivity contribution is 4.99. The van der Waals surface area contributed by atoms with Crippen molar-refractivity contribution in [1.82, 2.24) is 0 Å². The summed E-state index contributed by atoms with van der Waals surface area (Å²) < 4.78 is 0. The zero-order chi connectivity index (χ0) is 10.6. The molecule has 0 amide bonds. The molecule has 82 valence electrons. The van der Waals surface area contributed by atoms with Gasteiger partial charge in [0.05, 0.1) is 0 Å². The van der Waals surface area contributed by atoms with Gasteiger partial charge in [0.15, 0.2) is 0 Å². The van der Waals surface area contributed by atoms with Crippen LogP contribution in [0.1, 0.15) is 52.9 Å². The van der Waals surface area contributed by atoms with E-state index < -0.39 is 0 Å². The molecule has 0 spiro atoms. The summed E-state index contributed by atoms with van der Waals surface area (Å²) in [4.78, 5) is 0. The van der Waals surface area contributed by atoms with Gasteiger partial charge in [-0.05, 0) is 51.0 Å². The smallest absolute Gasteiger partial charge is 0.00176 e. The topological polar surface area (TPSA) is 26.0 Å². The maximum atomic E-state index is 5.94. The van der Waals surface area contributed by atoms with Crippen molar-refractivity contribution in [2.24, 2.45) is 17.1 Å². The quantitative estimate of drug-likeness (QED) is 0.685. The van der Waals surface area contributed by atoms with Crippen molar-refractivity contribution in [3.8, 4) is 0 Å². The Morgan fingerprint density at radius 3 is 2.36 bits per heavy atom. The zero-order valence-corrected chi connectivity index (χ0v) is 9.97. The predicted molar refractivity (Wildman–Crippen MR) is 63.2 cm³/mol. The molecule has 0 aromatic carbocycles. The molecule has 1 saturated carbocycles. The van der Waals surface area contributed by atoms with Crippen LogP contribution in [0.25, 0.3) is 0 Å². The summed E-state index contributed by atoms with van der Waals surface area (Å²) in [6.45, 7) is 7.58. The maximum absolute atomic E-state index is 5.94. The fraction of sp³-hybridized carbons (Fsp3) is 0.846. The Bertz CT molecular complexity index is 193. The second-order valence-electron chi connectivity index (χ2n) is 5.37. The van der Waals surface area contributed by atoms with E-state index in [1.165, 1.54) is 37.7 Å². The largest absolute Gasteiger partial charge is 0.330 e. The lowest BCUT2D eigenvalue weighted by molar-refractivity contribution is 0.166. The van der Waals surface area contributed by atoms with Crippen LogP contribution in [0.5, 0.6) is 0 Å². The van der Waals surface area contributed by atoms with Crippen LogP contribution < -0.4 is 5.73 Å². The van der Waals surface area contributed by atoms with E-state index in [0.717, 1.165) is 12.5 Å². The summed E-state index contributed by atoms with van der Waals surface area (Å²) in [6, 6.07) is 0. The van der Waals surface area contributed by atoms with Gasteiger partial charge in [-0.3, -0.25) is 0 Å². The van der Waals surface area contributed by atoms with Crippen LogP contribution >= 0.6 is 0 Å². The minimum Gasteiger partial charge on any atom is -0.330 e. The Balaban J connectivity index is 2.54. The van der Waals surface area contributed by atoms with E-state index in [2.05, 4.69) is 26.8 Å². The van der Waals surface area contributed by atoms with Crippen LogP contribution in [-0.4, -0.2) is 6.54 Å². The van der Waals surface area contributed by atoms with Gasteiger partial charge in [0.1, 0.15) is 0 Å². The molecule has 0 aromatic rings. The van der Waals surface area contributed by atoms with Gasteiger partial charge in [-0.15, -0.1) is 0 Å². The Morgan fingerprint density at radius 1 is 1.36 bits per heavy atom. The lowest BCUT2D eigenvalue weighted by Crippen LogP contribution is -2.34. The van der Waals surface area contributed by atoms with Crippen LogP contribution in [0.3, 0.4) is 0 Å². The third-order valence-corrected chi connectivity index (χ3v) is 3.71. The van der Waals surface area contributed by atoms with Crippen molar-refractivity contribution in [3.63, 3.8) is 0 Å². The summed E-state index contributed by atoms with van der Waals surface area (Å²) in [5, 5.41) is 0. The highest BCUT2D eigenvalue weighted by Gasteiger charge is 2.31. The molecule has 0 aliphatic heterocycles. The highest BCUT2D eigenvalue weighted by atomic mass is 14.6. The third kappa shape index (κ3) is 3.13. The molecule has 0 saturated heterocycles. The van der Waals surface area contributed by atoms with E-state index in [1.54, 1.807) is 0 Å². The normalized spacial score (nSPS) is 32.7. The summed E-state index contributed by atoms with van der Waals surface area (Å²) in [6.07, 6.45) is 8.95. The zero-order valence-electron chi connectivity index (χ0n) is 9.97. The first-order chi connectivity index (χ1) is 6.58. The molecule has 0 heterocycles. The van der Waals surface area contributed by atoms with E-state index in [4.69, 9.17) is 5.73 Å². The molecule has 0 aromatic heterocycles. The first-order valence-electron chi connectivity index (χ1n) is 5.91. The molecule has 0 unspecified atom stereocenters. The van der Waals surface area contributed by atoms with E-state index in [1.807, 2.05) is 0 Å². The molecule has 0 atom stereocenters. The van der Waals surface area contributed by atoms with Crippen LogP contribution in [0.4, 0.5) is 0 Å². The lowest BCUT2D eigenvalue weighted by atomic mass is 9.69. The van der Waals surface area contributed by atoms with Crippen molar-refractivity contribution in [2.45, 2.75) is 52.9 Å². The molecule has 1 nitrogen and oxygen atoms in total. The average Bonchev–Trinajstić information content (AvgIpc) is 2.18. The van der Waals surface area contributed by atoms with Crippen LogP contribution in [0.15, 0.2) is 11.6 Å². The third-order valence-electron chi connectivity index (χ3n) is 3.71. The molecular formula is C13H25N. The first-order valence-corrected chi connectivity index (χ1v) is 5.91. The van der Waals surface area contributed by atoms with Crippen molar-refractivity contribution >= 4 is 0 Å². The van der Waals surface area contributed by atoms with E-state index in [0.29, 0.717) is 5.41 Å². The van der Waals surface area contributed by atoms with Gasteiger partial charge in [-0.25, -0.2) is 0 Å². The molecule has 2 N–H and O–H groups in total. The Labute approximate surface area is 88.8 Å². The number of allylic oxidation sites excluding steroid dienone is 2. The molecular weight excluding hydrogens is 170 g/mol. The minimum absolute atomic E-state index is 0.434. The fourth-order valence-electron chi connectivity index (χ4n) is 2.29. The van der Waals surface area contributed by atoms with Crippen molar-refractivity contribution < 1.29 is 0 Å². The number of hydrogen-bond acceptors (Lipinski definition) is 1. The Kier molecular flexibility index (Phi) is 4.18.